The van der Waals surface area contributed by atoms with E-state index >= 15 is 0 Å². The van der Waals surface area contributed by atoms with E-state index in [1.54, 1.807) is 18.2 Å². The largest absolute Gasteiger partial charge is 0.352 e. The number of amides is 3. The number of carbonyl (C=O) groups is 3. The maximum absolute atomic E-state index is 12.3. The predicted octanol–water partition coefficient (Wildman–Crippen LogP) is 0.913. The number of piperidine rings is 1. The minimum absolute atomic E-state index is 0.109. The summed E-state index contributed by atoms with van der Waals surface area (Å²) in [4.78, 5) is 37.6. The number of imide groups is 1. The minimum Gasteiger partial charge on any atom is -0.352 e. The molecule has 1 fully saturated rings. The third-order valence-electron chi connectivity index (χ3n) is 3.94. The van der Waals surface area contributed by atoms with Crippen molar-refractivity contribution in [3.63, 3.8) is 0 Å². The summed E-state index contributed by atoms with van der Waals surface area (Å²) >= 11 is 3.28. The van der Waals surface area contributed by atoms with Crippen molar-refractivity contribution in [3.05, 3.63) is 33.8 Å². The van der Waals surface area contributed by atoms with Crippen LogP contribution in [0.5, 0.6) is 0 Å². The molecule has 116 valence electrons. The maximum Gasteiger partial charge on any atom is 0.262 e. The highest BCUT2D eigenvalue weighted by Gasteiger charge is 2.36. The van der Waals surface area contributed by atoms with Crippen molar-refractivity contribution in [2.75, 3.05) is 19.6 Å². The van der Waals surface area contributed by atoms with Crippen LogP contribution in [0.1, 0.15) is 33.6 Å². The van der Waals surface area contributed by atoms with Crippen LogP contribution in [-0.2, 0) is 4.79 Å². The average Bonchev–Trinajstić information content (AvgIpc) is 2.73. The van der Waals surface area contributed by atoms with E-state index in [1.165, 1.54) is 0 Å². The zero-order valence-electron chi connectivity index (χ0n) is 11.9. The molecule has 3 amide bonds. The Labute approximate surface area is 136 Å². The van der Waals surface area contributed by atoms with Gasteiger partial charge in [-0.1, -0.05) is 15.9 Å². The second-order valence-electron chi connectivity index (χ2n) is 5.48. The van der Waals surface area contributed by atoms with Crippen molar-refractivity contribution >= 4 is 33.7 Å². The molecule has 2 aliphatic rings. The SMILES string of the molecule is O=C(CN1C(=O)c2ccc(Br)cc2C1=O)NC1CCNCC1. The maximum atomic E-state index is 12.3. The van der Waals surface area contributed by atoms with Crippen LogP contribution < -0.4 is 10.6 Å². The first-order valence-electron chi connectivity index (χ1n) is 7.22. The third kappa shape index (κ3) is 2.91. The van der Waals surface area contributed by atoms with E-state index < -0.39 is 11.8 Å². The van der Waals surface area contributed by atoms with E-state index in [9.17, 15) is 14.4 Å². The Kier molecular flexibility index (Phi) is 4.26. The van der Waals surface area contributed by atoms with Crippen LogP contribution in [0, 0.1) is 0 Å². The van der Waals surface area contributed by atoms with Crippen molar-refractivity contribution < 1.29 is 14.4 Å². The fraction of sp³-hybridized carbons (Fsp3) is 0.400. The van der Waals surface area contributed by atoms with Gasteiger partial charge in [0.25, 0.3) is 11.8 Å². The van der Waals surface area contributed by atoms with Crippen LogP contribution in [0.3, 0.4) is 0 Å². The lowest BCUT2D eigenvalue weighted by Gasteiger charge is -2.24. The monoisotopic (exact) mass is 365 g/mol. The smallest absolute Gasteiger partial charge is 0.262 e. The number of fused-ring (bicyclic) bond motifs is 1. The normalized spacial score (nSPS) is 18.5. The van der Waals surface area contributed by atoms with E-state index in [2.05, 4.69) is 26.6 Å². The number of nitrogens with zero attached hydrogens (tertiary/aromatic N) is 1. The third-order valence-corrected chi connectivity index (χ3v) is 4.43. The highest BCUT2D eigenvalue weighted by Crippen LogP contribution is 2.25. The van der Waals surface area contributed by atoms with Crippen molar-refractivity contribution in [1.29, 1.82) is 0 Å². The Bertz CT molecular complexity index is 641. The summed E-state index contributed by atoms with van der Waals surface area (Å²) in [6, 6.07) is 5.03. The van der Waals surface area contributed by atoms with Gasteiger partial charge in [-0.05, 0) is 44.1 Å². The lowest BCUT2D eigenvalue weighted by molar-refractivity contribution is -0.122. The zero-order chi connectivity index (χ0) is 15.7. The molecular formula is C15H16BrN3O3. The summed E-state index contributed by atoms with van der Waals surface area (Å²) < 4.78 is 0.730. The van der Waals surface area contributed by atoms with Crippen molar-refractivity contribution in [3.8, 4) is 0 Å². The van der Waals surface area contributed by atoms with Crippen LogP contribution in [0.25, 0.3) is 0 Å². The molecule has 0 aromatic heterocycles. The predicted molar refractivity (Wildman–Crippen MR) is 83.5 cm³/mol. The van der Waals surface area contributed by atoms with Gasteiger partial charge in [0.15, 0.2) is 0 Å². The van der Waals surface area contributed by atoms with Gasteiger partial charge in [-0.2, -0.15) is 0 Å². The van der Waals surface area contributed by atoms with E-state index in [-0.39, 0.29) is 18.5 Å². The Morgan fingerprint density at radius 1 is 1.23 bits per heavy atom. The van der Waals surface area contributed by atoms with Crippen molar-refractivity contribution in [2.24, 2.45) is 0 Å². The second kappa shape index (κ2) is 6.18. The second-order valence-corrected chi connectivity index (χ2v) is 6.39. The lowest BCUT2D eigenvalue weighted by Crippen LogP contribution is -2.47. The highest BCUT2D eigenvalue weighted by atomic mass is 79.9. The molecule has 0 unspecified atom stereocenters. The first-order chi connectivity index (χ1) is 10.6. The van der Waals surface area contributed by atoms with Crippen molar-refractivity contribution in [2.45, 2.75) is 18.9 Å². The molecule has 2 heterocycles. The summed E-state index contributed by atoms with van der Waals surface area (Å²) in [5, 5.41) is 6.11. The molecule has 3 rings (SSSR count). The fourth-order valence-corrected chi connectivity index (χ4v) is 3.15. The molecule has 0 atom stereocenters. The lowest BCUT2D eigenvalue weighted by atomic mass is 10.1. The number of hydrogen-bond acceptors (Lipinski definition) is 4. The van der Waals surface area contributed by atoms with Gasteiger partial charge >= 0.3 is 0 Å². The molecule has 0 saturated carbocycles. The molecular weight excluding hydrogens is 350 g/mol. The molecule has 22 heavy (non-hydrogen) atoms. The number of nitrogens with one attached hydrogen (secondary N) is 2. The number of hydrogen-bond donors (Lipinski definition) is 2. The van der Waals surface area contributed by atoms with Gasteiger partial charge in [-0.3, -0.25) is 19.3 Å². The summed E-state index contributed by atoms with van der Waals surface area (Å²) in [5.41, 5.74) is 0.692. The number of carbonyl (C=O) groups excluding carboxylic acids is 3. The molecule has 0 radical (unpaired) electrons. The molecule has 0 spiro atoms. The molecule has 0 aliphatic carbocycles. The van der Waals surface area contributed by atoms with Crippen LogP contribution in [0.15, 0.2) is 22.7 Å². The zero-order valence-corrected chi connectivity index (χ0v) is 13.5. The number of rotatable bonds is 3. The first-order valence-corrected chi connectivity index (χ1v) is 8.01. The van der Waals surface area contributed by atoms with Gasteiger partial charge in [-0.15, -0.1) is 0 Å². The quantitative estimate of drug-likeness (QED) is 0.780. The van der Waals surface area contributed by atoms with Gasteiger partial charge in [0.1, 0.15) is 6.54 Å². The summed E-state index contributed by atoms with van der Waals surface area (Å²) in [5.74, 6) is -1.12. The van der Waals surface area contributed by atoms with Crippen LogP contribution >= 0.6 is 15.9 Å². The molecule has 6 nitrogen and oxygen atoms in total. The van der Waals surface area contributed by atoms with Crippen LogP contribution in [0.4, 0.5) is 0 Å². The molecule has 2 N–H and O–H groups in total. The Hall–Kier alpha value is -1.73. The van der Waals surface area contributed by atoms with E-state index in [0.717, 1.165) is 35.3 Å². The Balaban J connectivity index is 1.67. The Morgan fingerprint density at radius 2 is 1.91 bits per heavy atom. The minimum atomic E-state index is -0.415. The van der Waals surface area contributed by atoms with Crippen molar-refractivity contribution in [1.82, 2.24) is 15.5 Å². The summed E-state index contributed by atoms with van der Waals surface area (Å²) in [6.45, 7) is 1.51. The van der Waals surface area contributed by atoms with Gasteiger partial charge in [-0.25, -0.2) is 0 Å². The van der Waals surface area contributed by atoms with E-state index in [4.69, 9.17) is 0 Å². The summed E-state index contributed by atoms with van der Waals surface area (Å²) in [6.07, 6.45) is 1.72. The number of halogens is 1. The average molecular weight is 366 g/mol. The molecule has 1 aromatic carbocycles. The molecule has 1 saturated heterocycles. The standard InChI is InChI=1S/C15H16BrN3O3/c16-9-1-2-11-12(7-9)15(22)19(14(11)21)8-13(20)18-10-3-5-17-6-4-10/h1-2,7,10,17H,3-6,8H2,(H,18,20). The molecule has 7 heteroatoms. The van der Waals surface area contributed by atoms with Crippen LogP contribution in [0.2, 0.25) is 0 Å². The van der Waals surface area contributed by atoms with Gasteiger partial charge in [0.2, 0.25) is 5.91 Å². The van der Waals surface area contributed by atoms with Crippen LogP contribution in [-0.4, -0.2) is 48.3 Å². The highest BCUT2D eigenvalue weighted by molar-refractivity contribution is 9.10. The Morgan fingerprint density at radius 3 is 2.64 bits per heavy atom. The van der Waals surface area contributed by atoms with E-state index in [0.29, 0.717) is 11.1 Å². The van der Waals surface area contributed by atoms with Gasteiger partial charge < -0.3 is 10.6 Å². The van der Waals surface area contributed by atoms with Gasteiger partial charge in [0.05, 0.1) is 11.1 Å². The first kappa shape index (κ1) is 15.2. The summed E-state index contributed by atoms with van der Waals surface area (Å²) in [7, 11) is 0. The topological polar surface area (TPSA) is 78.5 Å². The fourth-order valence-electron chi connectivity index (χ4n) is 2.79. The molecule has 1 aromatic rings. The molecule has 2 aliphatic heterocycles. The number of benzene rings is 1. The van der Waals surface area contributed by atoms with Gasteiger partial charge in [0, 0.05) is 10.5 Å². The van der Waals surface area contributed by atoms with E-state index in [1.807, 2.05) is 0 Å². The molecule has 0 bridgehead atoms.